The van der Waals surface area contributed by atoms with Crippen LogP contribution in [-0.2, 0) is 28.3 Å². The van der Waals surface area contributed by atoms with Gasteiger partial charge in [-0.1, -0.05) is 128 Å². The van der Waals surface area contributed by atoms with Gasteiger partial charge in [-0.05, 0) is 22.3 Å². The van der Waals surface area contributed by atoms with E-state index in [1.807, 2.05) is 0 Å². The van der Waals surface area contributed by atoms with Crippen LogP contribution in [0.3, 0.4) is 0 Å². The van der Waals surface area contributed by atoms with E-state index in [9.17, 15) is 29.7 Å². The molecule has 214 valence electrons. The standard InChI is InChI=1S/C34H32N2O6/c1-24(34(42,27-18-10-4-11-19-27)28-20-12-5-13-21-28)33(31(39)40)29(30(37)38)35(22-25-14-6-2-7-15-25)32(41)36(33)23-26-16-8-3-9-17-26/h2-21,24,29,42H,22-23H2,1H3,(H,37,38)(H,39,40)/t24-,29-,33-/m1/s1. The van der Waals surface area contributed by atoms with E-state index in [1.54, 1.807) is 121 Å². The molecule has 1 heterocycles. The molecule has 0 spiro atoms. The highest BCUT2D eigenvalue weighted by molar-refractivity contribution is 6.00. The molecule has 0 aromatic heterocycles. The molecule has 0 saturated carbocycles. The van der Waals surface area contributed by atoms with Crippen LogP contribution < -0.4 is 0 Å². The predicted octanol–water partition coefficient (Wildman–Crippen LogP) is 4.97. The lowest BCUT2D eigenvalue weighted by atomic mass is 9.64. The molecule has 0 aliphatic carbocycles. The van der Waals surface area contributed by atoms with Crippen molar-refractivity contribution in [1.82, 2.24) is 9.80 Å². The number of benzene rings is 4. The lowest BCUT2D eigenvalue weighted by molar-refractivity contribution is -0.170. The molecular formula is C34H32N2O6. The summed E-state index contributed by atoms with van der Waals surface area (Å²) in [7, 11) is 0. The Morgan fingerprint density at radius 3 is 1.55 bits per heavy atom. The molecule has 8 nitrogen and oxygen atoms in total. The second kappa shape index (κ2) is 11.5. The van der Waals surface area contributed by atoms with E-state index in [0.29, 0.717) is 22.3 Å². The third-order valence-corrected chi connectivity index (χ3v) is 8.32. The van der Waals surface area contributed by atoms with Crippen molar-refractivity contribution in [2.75, 3.05) is 0 Å². The van der Waals surface area contributed by atoms with Crippen molar-refractivity contribution < 1.29 is 29.7 Å². The first-order chi connectivity index (χ1) is 20.2. The maximum atomic E-state index is 14.3. The zero-order valence-electron chi connectivity index (χ0n) is 23.1. The number of urea groups is 1. The predicted molar refractivity (Wildman–Crippen MR) is 156 cm³/mol. The van der Waals surface area contributed by atoms with Crippen LogP contribution in [0.5, 0.6) is 0 Å². The molecule has 1 aliphatic rings. The third-order valence-electron chi connectivity index (χ3n) is 8.32. The number of carbonyl (C=O) groups is 3. The second-order valence-electron chi connectivity index (χ2n) is 10.6. The SMILES string of the molecule is C[C@@H](C(O)(c1ccccc1)c1ccccc1)[C@]1(C(=O)O)[C@@H](C(=O)O)N(Cc2ccccc2)C(=O)N1Cc1ccccc1. The van der Waals surface area contributed by atoms with Crippen molar-refractivity contribution in [3.05, 3.63) is 144 Å². The average Bonchev–Trinajstić information content (AvgIpc) is 3.26. The number of nitrogens with zero attached hydrogens (tertiary/aromatic N) is 2. The molecule has 4 aromatic rings. The number of aliphatic carboxylic acids is 2. The first kappa shape index (κ1) is 28.6. The molecule has 1 aliphatic heterocycles. The maximum absolute atomic E-state index is 14.3. The maximum Gasteiger partial charge on any atom is 0.332 e. The summed E-state index contributed by atoms with van der Waals surface area (Å²) in [6.07, 6.45) is 0. The van der Waals surface area contributed by atoms with Gasteiger partial charge >= 0.3 is 18.0 Å². The Morgan fingerprint density at radius 1 is 0.738 bits per heavy atom. The van der Waals surface area contributed by atoms with E-state index >= 15 is 0 Å². The largest absolute Gasteiger partial charge is 0.480 e. The molecule has 1 saturated heterocycles. The van der Waals surface area contributed by atoms with Crippen LogP contribution in [0, 0.1) is 5.92 Å². The van der Waals surface area contributed by atoms with Crippen LogP contribution >= 0.6 is 0 Å². The highest BCUT2D eigenvalue weighted by Gasteiger charge is 2.71. The Hall–Kier alpha value is -4.95. The number of carboxylic acids is 2. The van der Waals surface area contributed by atoms with Crippen molar-refractivity contribution >= 4 is 18.0 Å². The minimum atomic E-state index is -2.39. The summed E-state index contributed by atoms with van der Waals surface area (Å²) in [6, 6.07) is 32.2. The second-order valence-corrected chi connectivity index (χ2v) is 10.6. The molecule has 2 amide bonds. The van der Waals surface area contributed by atoms with E-state index in [4.69, 9.17) is 0 Å². The summed E-state index contributed by atoms with van der Waals surface area (Å²) in [6.45, 7) is 1.21. The third kappa shape index (κ3) is 4.69. The number of hydrogen-bond acceptors (Lipinski definition) is 4. The van der Waals surface area contributed by atoms with Crippen molar-refractivity contribution in [2.45, 2.75) is 37.2 Å². The van der Waals surface area contributed by atoms with E-state index in [1.165, 1.54) is 6.92 Å². The van der Waals surface area contributed by atoms with Gasteiger partial charge in [0.15, 0.2) is 11.6 Å². The van der Waals surface area contributed by atoms with Gasteiger partial charge in [-0.15, -0.1) is 0 Å². The first-order valence-electron chi connectivity index (χ1n) is 13.7. The van der Waals surface area contributed by atoms with Crippen LogP contribution in [-0.4, -0.2) is 54.7 Å². The molecule has 42 heavy (non-hydrogen) atoms. The molecule has 1 fully saturated rings. The van der Waals surface area contributed by atoms with E-state index in [0.717, 1.165) is 9.80 Å². The van der Waals surface area contributed by atoms with E-state index in [2.05, 4.69) is 0 Å². The normalized spacial score (nSPS) is 19.5. The smallest absolute Gasteiger partial charge is 0.332 e. The minimum Gasteiger partial charge on any atom is -0.480 e. The fraction of sp³-hybridized carbons (Fsp3) is 0.206. The highest BCUT2D eigenvalue weighted by Crippen LogP contribution is 2.50. The summed E-state index contributed by atoms with van der Waals surface area (Å²) >= 11 is 0. The number of rotatable bonds is 10. The van der Waals surface area contributed by atoms with E-state index in [-0.39, 0.29) is 13.1 Å². The van der Waals surface area contributed by atoms with Crippen molar-refractivity contribution in [1.29, 1.82) is 0 Å². The first-order valence-corrected chi connectivity index (χ1v) is 13.7. The summed E-state index contributed by atoms with van der Waals surface area (Å²) in [5, 5.41) is 34.6. The van der Waals surface area contributed by atoms with Gasteiger partial charge in [0.2, 0.25) is 0 Å². The van der Waals surface area contributed by atoms with Crippen LogP contribution in [0.4, 0.5) is 4.79 Å². The monoisotopic (exact) mass is 564 g/mol. The molecule has 0 bridgehead atoms. The van der Waals surface area contributed by atoms with Crippen LogP contribution in [0.25, 0.3) is 0 Å². The molecule has 0 radical (unpaired) electrons. The molecule has 8 heteroatoms. The van der Waals surface area contributed by atoms with Crippen LogP contribution in [0.2, 0.25) is 0 Å². The zero-order chi connectivity index (χ0) is 29.9. The molecule has 4 aromatic carbocycles. The molecule has 5 rings (SSSR count). The van der Waals surface area contributed by atoms with Gasteiger partial charge in [-0.2, -0.15) is 0 Å². The Kier molecular flexibility index (Phi) is 7.83. The van der Waals surface area contributed by atoms with Crippen molar-refractivity contribution in [3.63, 3.8) is 0 Å². The Balaban J connectivity index is 1.78. The Labute approximate surface area is 244 Å². The summed E-state index contributed by atoms with van der Waals surface area (Å²) in [4.78, 5) is 43.5. The quantitative estimate of drug-likeness (QED) is 0.250. The number of amides is 2. The average molecular weight is 565 g/mol. The summed E-state index contributed by atoms with van der Waals surface area (Å²) in [5.41, 5.74) is -2.37. The van der Waals surface area contributed by atoms with Crippen molar-refractivity contribution in [3.8, 4) is 0 Å². The molecule has 3 N–H and O–H groups in total. The summed E-state index contributed by atoms with van der Waals surface area (Å²) in [5.74, 6) is -4.35. The molecular weight excluding hydrogens is 532 g/mol. The molecule has 0 unspecified atom stereocenters. The topological polar surface area (TPSA) is 118 Å². The van der Waals surface area contributed by atoms with Crippen LogP contribution in [0.1, 0.15) is 29.2 Å². The van der Waals surface area contributed by atoms with Gasteiger partial charge < -0.3 is 25.1 Å². The fourth-order valence-corrected chi connectivity index (χ4v) is 6.29. The number of hydrogen-bond donors (Lipinski definition) is 3. The van der Waals surface area contributed by atoms with Crippen LogP contribution in [0.15, 0.2) is 121 Å². The number of carbonyl (C=O) groups excluding carboxylic acids is 1. The number of aliphatic hydroxyl groups is 1. The lowest BCUT2D eigenvalue weighted by Crippen LogP contribution is -2.68. The van der Waals surface area contributed by atoms with Gasteiger partial charge in [-0.3, -0.25) is 0 Å². The zero-order valence-corrected chi connectivity index (χ0v) is 23.1. The fourth-order valence-electron chi connectivity index (χ4n) is 6.29. The van der Waals surface area contributed by atoms with E-state index < -0.39 is 41.1 Å². The van der Waals surface area contributed by atoms with Gasteiger partial charge in [0.25, 0.3) is 0 Å². The Morgan fingerprint density at radius 2 is 1.14 bits per heavy atom. The lowest BCUT2D eigenvalue weighted by Gasteiger charge is -2.48. The van der Waals surface area contributed by atoms with Crippen molar-refractivity contribution in [2.24, 2.45) is 5.92 Å². The van der Waals surface area contributed by atoms with Gasteiger partial charge in [0, 0.05) is 19.0 Å². The van der Waals surface area contributed by atoms with Gasteiger partial charge in [0.1, 0.15) is 5.60 Å². The molecule has 3 atom stereocenters. The van der Waals surface area contributed by atoms with Gasteiger partial charge in [-0.25, -0.2) is 14.4 Å². The highest BCUT2D eigenvalue weighted by atomic mass is 16.4. The number of carboxylic acid groups (broad SMARTS) is 2. The van der Waals surface area contributed by atoms with Gasteiger partial charge in [0.05, 0.1) is 0 Å². The summed E-state index contributed by atoms with van der Waals surface area (Å²) < 4.78 is 0. The Bertz CT molecular complexity index is 1510. The minimum absolute atomic E-state index is 0.126.